The SMILES string of the molecule is Cc1ccc2ncc(S(=O)(=O)c3ccc(C)c(F)c3)c(N3CCOCC3)c2c1. The fraction of sp³-hybridized carbons (Fsp3) is 0.286. The van der Waals surface area contributed by atoms with Gasteiger partial charge in [0, 0.05) is 24.7 Å². The minimum atomic E-state index is -3.95. The Morgan fingerprint density at radius 3 is 2.54 bits per heavy atom. The van der Waals surface area contributed by atoms with E-state index in [-0.39, 0.29) is 9.79 Å². The van der Waals surface area contributed by atoms with E-state index in [1.54, 1.807) is 6.92 Å². The fourth-order valence-electron chi connectivity index (χ4n) is 3.45. The van der Waals surface area contributed by atoms with Crippen molar-refractivity contribution in [3.8, 4) is 0 Å². The van der Waals surface area contributed by atoms with Crippen LogP contribution in [0.1, 0.15) is 11.1 Å². The minimum absolute atomic E-state index is 0.0705. The Hall–Kier alpha value is -2.51. The quantitative estimate of drug-likeness (QED) is 0.672. The third-order valence-electron chi connectivity index (χ3n) is 5.03. The van der Waals surface area contributed by atoms with Gasteiger partial charge in [-0.3, -0.25) is 4.98 Å². The molecule has 1 aromatic heterocycles. The zero-order chi connectivity index (χ0) is 19.9. The lowest BCUT2D eigenvalue weighted by Crippen LogP contribution is -2.37. The maximum atomic E-state index is 14.1. The second-order valence-electron chi connectivity index (χ2n) is 7.01. The summed E-state index contributed by atoms with van der Waals surface area (Å²) in [4.78, 5) is 6.42. The summed E-state index contributed by atoms with van der Waals surface area (Å²) < 4.78 is 46.4. The van der Waals surface area contributed by atoms with Crippen LogP contribution in [-0.2, 0) is 14.6 Å². The number of anilines is 1. The lowest BCUT2D eigenvalue weighted by molar-refractivity contribution is 0.122. The fourth-order valence-corrected chi connectivity index (χ4v) is 4.90. The Bertz CT molecular complexity index is 1160. The van der Waals surface area contributed by atoms with Crippen LogP contribution in [0.3, 0.4) is 0 Å². The lowest BCUT2D eigenvalue weighted by Gasteiger charge is -2.31. The van der Waals surface area contributed by atoms with E-state index >= 15 is 0 Å². The van der Waals surface area contributed by atoms with E-state index in [1.165, 1.54) is 18.3 Å². The first-order valence-electron chi connectivity index (χ1n) is 9.11. The number of aryl methyl sites for hydroxylation is 2. The molecule has 7 heteroatoms. The molecule has 2 aromatic carbocycles. The first kappa shape index (κ1) is 18.8. The van der Waals surface area contributed by atoms with Crippen LogP contribution < -0.4 is 4.90 Å². The van der Waals surface area contributed by atoms with Gasteiger partial charge in [-0.25, -0.2) is 12.8 Å². The molecule has 0 aliphatic carbocycles. The second-order valence-corrected chi connectivity index (χ2v) is 8.92. The number of hydrogen-bond donors (Lipinski definition) is 0. The van der Waals surface area contributed by atoms with E-state index in [0.717, 1.165) is 22.5 Å². The zero-order valence-corrected chi connectivity index (χ0v) is 16.6. The van der Waals surface area contributed by atoms with Crippen molar-refractivity contribution in [3.05, 3.63) is 59.5 Å². The van der Waals surface area contributed by atoms with Crippen molar-refractivity contribution in [2.24, 2.45) is 0 Å². The van der Waals surface area contributed by atoms with Gasteiger partial charge in [0.1, 0.15) is 10.7 Å². The summed E-state index contributed by atoms with van der Waals surface area (Å²) in [5, 5.41) is 0.774. The van der Waals surface area contributed by atoms with Crippen LogP contribution in [0.25, 0.3) is 10.9 Å². The van der Waals surface area contributed by atoms with Crippen molar-refractivity contribution in [2.45, 2.75) is 23.6 Å². The van der Waals surface area contributed by atoms with Gasteiger partial charge in [0.25, 0.3) is 0 Å². The third kappa shape index (κ3) is 3.25. The summed E-state index contributed by atoms with van der Waals surface area (Å²) in [6.07, 6.45) is 1.38. The van der Waals surface area contributed by atoms with Crippen molar-refractivity contribution in [1.29, 1.82) is 0 Å². The molecule has 0 saturated carbocycles. The molecule has 0 atom stereocenters. The Morgan fingerprint density at radius 1 is 1.07 bits per heavy atom. The topological polar surface area (TPSA) is 59.5 Å². The zero-order valence-electron chi connectivity index (χ0n) is 15.8. The predicted octanol–water partition coefficient (Wildman–Crippen LogP) is 3.66. The average molecular weight is 400 g/mol. The average Bonchev–Trinajstić information content (AvgIpc) is 2.69. The first-order valence-corrected chi connectivity index (χ1v) is 10.6. The van der Waals surface area contributed by atoms with E-state index in [4.69, 9.17) is 4.74 Å². The number of halogens is 1. The number of pyridine rings is 1. The molecule has 4 rings (SSSR count). The largest absolute Gasteiger partial charge is 0.378 e. The Kier molecular flexibility index (Phi) is 4.81. The van der Waals surface area contributed by atoms with Gasteiger partial charge >= 0.3 is 0 Å². The Labute approximate surface area is 163 Å². The highest BCUT2D eigenvalue weighted by Crippen LogP contribution is 2.36. The van der Waals surface area contributed by atoms with Gasteiger partial charge in [-0.2, -0.15) is 0 Å². The molecule has 28 heavy (non-hydrogen) atoms. The van der Waals surface area contributed by atoms with Crippen molar-refractivity contribution in [1.82, 2.24) is 4.98 Å². The molecule has 0 unspecified atom stereocenters. The van der Waals surface area contributed by atoms with Crippen LogP contribution in [0.15, 0.2) is 52.4 Å². The van der Waals surface area contributed by atoms with Gasteiger partial charge in [0.15, 0.2) is 0 Å². The number of sulfone groups is 1. The molecule has 3 aromatic rings. The molecule has 1 saturated heterocycles. The highest BCUT2D eigenvalue weighted by Gasteiger charge is 2.28. The normalized spacial score (nSPS) is 15.2. The number of nitrogens with zero attached hydrogens (tertiary/aromatic N) is 2. The molecule has 1 aliphatic rings. The molecule has 0 bridgehead atoms. The molecule has 0 amide bonds. The monoisotopic (exact) mass is 400 g/mol. The molecule has 5 nitrogen and oxygen atoms in total. The van der Waals surface area contributed by atoms with Crippen LogP contribution in [0, 0.1) is 19.7 Å². The van der Waals surface area contributed by atoms with Crippen LogP contribution in [0.5, 0.6) is 0 Å². The molecule has 0 radical (unpaired) electrons. The number of fused-ring (bicyclic) bond motifs is 1. The lowest BCUT2D eigenvalue weighted by atomic mass is 10.1. The summed E-state index contributed by atoms with van der Waals surface area (Å²) in [6, 6.07) is 9.78. The number of aromatic nitrogens is 1. The number of hydrogen-bond acceptors (Lipinski definition) is 5. The predicted molar refractivity (Wildman–Crippen MR) is 106 cm³/mol. The van der Waals surface area contributed by atoms with E-state index < -0.39 is 15.7 Å². The molecular formula is C21H21FN2O3S. The minimum Gasteiger partial charge on any atom is -0.378 e. The Morgan fingerprint density at radius 2 is 1.82 bits per heavy atom. The van der Waals surface area contributed by atoms with Crippen molar-refractivity contribution in [2.75, 3.05) is 31.2 Å². The summed E-state index contributed by atoms with van der Waals surface area (Å²) in [5.41, 5.74) is 2.75. The van der Waals surface area contributed by atoms with Gasteiger partial charge < -0.3 is 9.64 Å². The summed E-state index contributed by atoms with van der Waals surface area (Å²) >= 11 is 0. The maximum Gasteiger partial charge on any atom is 0.210 e. The summed E-state index contributed by atoms with van der Waals surface area (Å²) in [6.45, 7) is 5.77. The molecule has 1 fully saturated rings. The van der Waals surface area contributed by atoms with Gasteiger partial charge in [-0.1, -0.05) is 17.7 Å². The van der Waals surface area contributed by atoms with Gasteiger partial charge in [-0.15, -0.1) is 0 Å². The highest BCUT2D eigenvalue weighted by molar-refractivity contribution is 7.91. The van der Waals surface area contributed by atoms with Crippen LogP contribution >= 0.6 is 0 Å². The molecule has 146 valence electrons. The van der Waals surface area contributed by atoms with Gasteiger partial charge in [0.2, 0.25) is 9.84 Å². The van der Waals surface area contributed by atoms with Crippen molar-refractivity contribution in [3.63, 3.8) is 0 Å². The van der Waals surface area contributed by atoms with Crippen molar-refractivity contribution >= 4 is 26.4 Å². The Balaban J connectivity index is 1.98. The van der Waals surface area contributed by atoms with Crippen LogP contribution in [-0.4, -0.2) is 39.7 Å². The summed E-state index contributed by atoms with van der Waals surface area (Å²) in [5.74, 6) is -0.543. The molecule has 0 N–H and O–H groups in total. The maximum absolute atomic E-state index is 14.1. The summed E-state index contributed by atoms with van der Waals surface area (Å²) in [7, 11) is -3.95. The third-order valence-corrected chi connectivity index (χ3v) is 6.78. The number of ether oxygens (including phenoxy) is 1. The molecule has 1 aliphatic heterocycles. The van der Waals surface area contributed by atoms with Gasteiger partial charge in [0.05, 0.1) is 29.3 Å². The van der Waals surface area contributed by atoms with E-state index in [1.807, 2.05) is 30.0 Å². The first-order chi connectivity index (χ1) is 13.4. The van der Waals surface area contributed by atoms with E-state index in [0.29, 0.717) is 37.6 Å². The molecular weight excluding hydrogens is 379 g/mol. The standard InChI is InChI=1S/C21H21FN2O3S/c1-14-3-6-19-17(11-14)21(24-7-9-27-10-8-24)20(13-23-19)28(25,26)16-5-4-15(2)18(22)12-16/h3-6,11-13H,7-10H2,1-2H3. The van der Waals surface area contributed by atoms with Crippen LogP contribution in [0.2, 0.25) is 0 Å². The number of morpholine rings is 1. The smallest absolute Gasteiger partial charge is 0.210 e. The number of benzene rings is 2. The van der Waals surface area contributed by atoms with E-state index in [2.05, 4.69) is 4.98 Å². The molecule has 0 spiro atoms. The van der Waals surface area contributed by atoms with Gasteiger partial charge in [-0.05, 0) is 43.7 Å². The van der Waals surface area contributed by atoms with E-state index in [9.17, 15) is 12.8 Å². The van der Waals surface area contributed by atoms with Crippen LogP contribution in [0.4, 0.5) is 10.1 Å². The molecule has 2 heterocycles. The highest BCUT2D eigenvalue weighted by atomic mass is 32.2. The van der Waals surface area contributed by atoms with Crippen molar-refractivity contribution < 1.29 is 17.5 Å². The second kappa shape index (κ2) is 7.14. The number of rotatable bonds is 3.